The summed E-state index contributed by atoms with van der Waals surface area (Å²) in [6.07, 6.45) is 4.76. The lowest BCUT2D eigenvalue weighted by Crippen LogP contribution is -2.55. The van der Waals surface area contributed by atoms with Gasteiger partial charge < -0.3 is 39.5 Å². The molecule has 0 aromatic heterocycles. The van der Waals surface area contributed by atoms with Crippen LogP contribution in [0.1, 0.15) is 76.6 Å². The van der Waals surface area contributed by atoms with E-state index in [0.29, 0.717) is 48.2 Å². The third-order valence-electron chi connectivity index (χ3n) is 12.5. The van der Waals surface area contributed by atoms with Crippen molar-refractivity contribution in [2.24, 2.45) is 0 Å². The third kappa shape index (κ3) is 13.2. The molecule has 69 heavy (non-hydrogen) atoms. The van der Waals surface area contributed by atoms with Crippen LogP contribution in [0.25, 0.3) is 33.4 Å². The molecule has 3 N–H and O–H groups in total. The number of carbonyl (C=O) groups is 6. The number of carbonyl (C=O) groups excluding carboxylic acids is 6. The quantitative estimate of drug-likeness (QED) is 0.0302. The fourth-order valence-corrected chi connectivity index (χ4v) is 9.53. The first kappa shape index (κ1) is 51.9. The van der Waals surface area contributed by atoms with E-state index in [0.717, 1.165) is 58.6 Å². The molecule has 6 rings (SSSR count). The summed E-state index contributed by atoms with van der Waals surface area (Å²) in [5.41, 5.74) is 4.20. The van der Waals surface area contributed by atoms with Crippen molar-refractivity contribution in [3.8, 4) is 22.5 Å². The Morgan fingerprint density at radius 3 is 2.33 bits per heavy atom. The van der Waals surface area contributed by atoms with Gasteiger partial charge in [-0.25, -0.2) is 13.0 Å². The summed E-state index contributed by atoms with van der Waals surface area (Å²) in [4.78, 5) is 82.2. The van der Waals surface area contributed by atoms with Gasteiger partial charge in [-0.05, 0) is 83.2 Å². The number of hydrogen-bond donors (Lipinski definition) is 3. The standard InChI is InChI=1S/C50H63N7O11S/c1-5-54(6-2)34-19-21-38-42(31-34)68-43-32-35(55(7-3)8-4)20-22-39(43)47(38)36-15-11-12-16-37(36)50(63)56-27-14-17-41(56)49(62)53-40(33-69(64,65)66)48(61)52-25-13-9-10-18-44(58)51-26-29-67-30-28-57-45(59)23-24-46(57)60/h11-12,15-16,19-24,31-32,40-41H,5-10,13-14,17-18,25-30,33H2,1-4H3,(H3-,51,52,53,58,61,62,64,65,66). The van der Waals surface area contributed by atoms with Gasteiger partial charge in [0.2, 0.25) is 23.1 Å². The average molecular weight is 970 g/mol. The first-order valence-corrected chi connectivity index (χ1v) is 25.4. The van der Waals surface area contributed by atoms with Gasteiger partial charge >= 0.3 is 0 Å². The summed E-state index contributed by atoms with van der Waals surface area (Å²) in [5.74, 6) is -3.58. The van der Waals surface area contributed by atoms with Gasteiger partial charge in [-0.15, -0.1) is 0 Å². The number of unbranched alkanes of at least 4 members (excludes halogenated alkanes) is 2. The van der Waals surface area contributed by atoms with E-state index in [9.17, 15) is 41.7 Å². The number of nitrogens with one attached hydrogen (secondary N) is 3. The zero-order valence-corrected chi connectivity index (χ0v) is 40.6. The Morgan fingerprint density at radius 1 is 0.884 bits per heavy atom. The molecule has 1 fully saturated rings. The molecule has 3 heterocycles. The highest BCUT2D eigenvalue weighted by Gasteiger charge is 2.38. The van der Waals surface area contributed by atoms with E-state index < -0.39 is 57.5 Å². The molecule has 3 aliphatic heterocycles. The predicted octanol–water partition coefficient (Wildman–Crippen LogP) is 3.23. The maximum atomic E-state index is 14.8. The lowest BCUT2D eigenvalue weighted by molar-refractivity contribution is -0.137. The van der Waals surface area contributed by atoms with Crippen molar-refractivity contribution in [3.63, 3.8) is 0 Å². The van der Waals surface area contributed by atoms with Gasteiger partial charge in [0.25, 0.3) is 17.7 Å². The Kier molecular flexibility index (Phi) is 18.2. The molecule has 1 saturated heterocycles. The second-order valence-corrected chi connectivity index (χ2v) is 18.3. The van der Waals surface area contributed by atoms with Crippen molar-refractivity contribution >= 4 is 62.2 Å². The van der Waals surface area contributed by atoms with E-state index in [2.05, 4.69) is 53.1 Å². The summed E-state index contributed by atoms with van der Waals surface area (Å²) in [5, 5.41) is 9.58. The van der Waals surface area contributed by atoms with Gasteiger partial charge in [-0.1, -0.05) is 24.6 Å². The summed E-state index contributed by atoms with van der Waals surface area (Å²) >= 11 is 0. The van der Waals surface area contributed by atoms with E-state index in [1.165, 1.54) is 17.1 Å². The van der Waals surface area contributed by atoms with Gasteiger partial charge in [0.1, 0.15) is 36.5 Å². The summed E-state index contributed by atoms with van der Waals surface area (Å²) < 4.78 is 50.2. The SMILES string of the molecule is CCN(CC)c1ccc2c(-c3ccccc3C(=O)N3CCCC3C(=O)NC(CS(=O)(=O)[O-])C(=O)NCCCCCC(=O)NCCOCCN3C(=O)C=CC3=O)c3ccc(=[N+](CC)CC)cc-3oc2c1. The molecule has 6 amide bonds. The Morgan fingerprint density at radius 2 is 1.62 bits per heavy atom. The molecule has 2 aromatic rings. The normalized spacial score (nSPS) is 15.2. The Bertz CT molecular complexity index is 2690. The van der Waals surface area contributed by atoms with Crippen molar-refractivity contribution in [1.29, 1.82) is 0 Å². The molecular weight excluding hydrogens is 907 g/mol. The molecule has 4 aliphatic rings. The van der Waals surface area contributed by atoms with Crippen molar-refractivity contribution in [2.75, 3.05) is 76.2 Å². The van der Waals surface area contributed by atoms with Crippen LogP contribution in [0.4, 0.5) is 5.69 Å². The fourth-order valence-electron chi connectivity index (χ4n) is 8.89. The number of ether oxygens (including phenoxy) is 1. The van der Waals surface area contributed by atoms with Gasteiger partial charge in [-0.3, -0.25) is 33.7 Å². The molecule has 0 saturated carbocycles. The van der Waals surface area contributed by atoms with Crippen LogP contribution in [0, 0.1) is 0 Å². The Labute approximate surface area is 402 Å². The molecule has 19 heteroatoms. The maximum absolute atomic E-state index is 14.8. The van der Waals surface area contributed by atoms with Crippen LogP contribution in [-0.4, -0.2) is 142 Å². The predicted molar refractivity (Wildman–Crippen MR) is 260 cm³/mol. The lowest BCUT2D eigenvalue weighted by Gasteiger charge is -2.28. The summed E-state index contributed by atoms with van der Waals surface area (Å²) in [6, 6.07) is 16.6. The van der Waals surface area contributed by atoms with Crippen molar-refractivity contribution in [1.82, 2.24) is 30.3 Å². The Balaban J connectivity index is 1.10. The van der Waals surface area contributed by atoms with Crippen LogP contribution in [0.3, 0.4) is 0 Å². The minimum atomic E-state index is -4.98. The monoisotopic (exact) mass is 969 g/mol. The number of amides is 6. The molecule has 0 radical (unpaired) electrons. The van der Waals surface area contributed by atoms with Gasteiger partial charge in [-0.2, -0.15) is 0 Å². The zero-order valence-electron chi connectivity index (χ0n) is 39.8. The first-order valence-electron chi connectivity index (χ1n) is 23.8. The number of rotatable bonds is 24. The average Bonchev–Trinajstić information content (AvgIpc) is 3.96. The number of imide groups is 1. The van der Waals surface area contributed by atoms with Crippen molar-refractivity contribution < 1.29 is 50.9 Å². The molecule has 2 unspecified atom stereocenters. The number of anilines is 1. The van der Waals surface area contributed by atoms with Crippen LogP contribution >= 0.6 is 0 Å². The maximum Gasteiger partial charge on any atom is 0.255 e. The number of nitrogens with zero attached hydrogens (tertiary/aromatic N) is 4. The van der Waals surface area contributed by atoms with Crippen LogP contribution in [-0.2, 0) is 38.8 Å². The number of benzene rings is 3. The van der Waals surface area contributed by atoms with E-state index in [-0.39, 0.29) is 58.1 Å². The first-order chi connectivity index (χ1) is 33.2. The van der Waals surface area contributed by atoms with Crippen molar-refractivity contribution in [2.45, 2.75) is 78.3 Å². The highest BCUT2D eigenvalue weighted by molar-refractivity contribution is 7.85. The van der Waals surface area contributed by atoms with E-state index >= 15 is 0 Å². The molecule has 0 bridgehead atoms. The molecule has 0 spiro atoms. The van der Waals surface area contributed by atoms with E-state index in [1.807, 2.05) is 48.5 Å². The lowest BCUT2D eigenvalue weighted by atomic mass is 9.90. The molecule has 1 aliphatic carbocycles. The van der Waals surface area contributed by atoms with E-state index in [4.69, 9.17) is 9.15 Å². The minimum absolute atomic E-state index is 0.0889. The minimum Gasteiger partial charge on any atom is -0.748 e. The fraction of sp³-hybridized carbons (Fsp3) is 0.460. The van der Waals surface area contributed by atoms with Gasteiger partial charge in [0.15, 0.2) is 0 Å². The van der Waals surface area contributed by atoms with E-state index in [1.54, 1.807) is 12.1 Å². The number of fused-ring (bicyclic) bond motifs is 2. The van der Waals surface area contributed by atoms with Gasteiger partial charge in [0, 0.05) is 91.2 Å². The third-order valence-corrected chi connectivity index (χ3v) is 13.2. The van der Waals surface area contributed by atoms with Crippen LogP contribution in [0.15, 0.2) is 77.2 Å². The molecular formula is C50H63N7O11S. The van der Waals surface area contributed by atoms with Crippen molar-refractivity contribution in [3.05, 3.63) is 83.7 Å². The highest BCUT2D eigenvalue weighted by Crippen LogP contribution is 2.42. The summed E-state index contributed by atoms with van der Waals surface area (Å²) in [6.45, 7) is 12.6. The zero-order chi connectivity index (χ0) is 49.7. The highest BCUT2D eigenvalue weighted by atomic mass is 32.2. The van der Waals surface area contributed by atoms with Gasteiger partial charge in [0.05, 0.1) is 41.7 Å². The summed E-state index contributed by atoms with van der Waals surface area (Å²) in [7, 11) is -4.98. The second kappa shape index (κ2) is 24.2. The molecule has 2 aromatic carbocycles. The smallest absolute Gasteiger partial charge is 0.255 e. The molecule has 18 nitrogen and oxygen atoms in total. The molecule has 370 valence electrons. The Hall–Kier alpha value is -6.44. The van der Waals surface area contributed by atoms with Crippen LogP contribution in [0.2, 0.25) is 0 Å². The van der Waals surface area contributed by atoms with Crippen LogP contribution in [0.5, 0.6) is 0 Å². The van der Waals surface area contributed by atoms with Crippen LogP contribution < -0.4 is 30.8 Å². The number of hydrogen-bond acceptors (Lipinski definition) is 12. The largest absolute Gasteiger partial charge is 0.748 e. The number of likely N-dealkylation sites (tertiary alicyclic amines) is 1. The molecule has 2 atom stereocenters. The topological polar surface area (TPSA) is 231 Å². The second-order valence-electron chi connectivity index (χ2n) is 16.9.